The zero-order valence-electron chi connectivity index (χ0n) is 22.9. The second-order valence-corrected chi connectivity index (χ2v) is 10.6. The van der Waals surface area contributed by atoms with Gasteiger partial charge in [-0.25, -0.2) is 10.1 Å². The molecule has 10 nitrogen and oxygen atoms in total. The van der Waals surface area contributed by atoms with Gasteiger partial charge in [-0.2, -0.15) is 5.10 Å². The average Bonchev–Trinajstić information content (AvgIpc) is 2.99. The molecule has 4 N–H and O–H groups in total. The molecule has 0 spiro atoms. The number of pyridine rings is 1. The minimum absolute atomic E-state index is 0.00137. The number of amides is 1. The van der Waals surface area contributed by atoms with E-state index in [9.17, 15) is 14.7 Å². The van der Waals surface area contributed by atoms with E-state index in [4.69, 9.17) is 37.7 Å². The maximum Gasteiger partial charge on any atom is 0.277 e. The first kappa shape index (κ1) is 29.7. The number of carbonyl (C=O) groups excluding carboxylic acids is 1. The van der Waals surface area contributed by atoms with Crippen molar-refractivity contribution in [1.29, 1.82) is 0 Å². The van der Waals surface area contributed by atoms with Crippen molar-refractivity contribution >= 4 is 34.8 Å². The molecular weight excluding hydrogens is 581 g/mol. The van der Waals surface area contributed by atoms with Gasteiger partial charge < -0.3 is 25.2 Å². The van der Waals surface area contributed by atoms with Crippen LogP contribution in [0, 0.1) is 6.92 Å². The normalized spacial score (nSPS) is 16.7. The number of rotatable bonds is 8. The maximum atomic E-state index is 12.8. The Morgan fingerprint density at radius 3 is 2.69 bits per heavy atom. The second kappa shape index (κ2) is 13.0. The molecule has 0 aliphatic carbocycles. The molecule has 3 heterocycles. The van der Waals surface area contributed by atoms with Crippen LogP contribution in [0.15, 0.2) is 59.4 Å². The van der Waals surface area contributed by atoms with Crippen LogP contribution < -0.4 is 20.9 Å². The lowest BCUT2D eigenvalue weighted by molar-refractivity contribution is -0.0281. The number of nitrogens with one attached hydrogen (secondary N) is 3. The van der Waals surface area contributed by atoms with Crippen molar-refractivity contribution < 1.29 is 19.4 Å². The lowest BCUT2D eigenvalue weighted by Crippen LogP contribution is -2.46. The topological polar surface area (TPSA) is 138 Å². The summed E-state index contributed by atoms with van der Waals surface area (Å²) in [5.74, 6) is -0.159. The van der Waals surface area contributed by atoms with Crippen molar-refractivity contribution in [3.8, 4) is 28.3 Å². The number of carbonyl (C=O) groups is 1. The van der Waals surface area contributed by atoms with Crippen LogP contribution >= 0.6 is 23.2 Å². The van der Waals surface area contributed by atoms with Gasteiger partial charge in [-0.05, 0) is 42.7 Å². The predicted octanol–water partition coefficient (Wildman–Crippen LogP) is 4.61. The van der Waals surface area contributed by atoms with Crippen LogP contribution in [-0.4, -0.2) is 58.7 Å². The Morgan fingerprint density at radius 1 is 1.14 bits per heavy atom. The third kappa shape index (κ3) is 6.33. The largest absolute Gasteiger partial charge is 0.481 e. The highest BCUT2D eigenvalue weighted by molar-refractivity contribution is 6.36. The molecule has 0 saturated carbocycles. The predicted molar refractivity (Wildman–Crippen MR) is 161 cm³/mol. The standard InChI is InChI=1S/C30H29Cl2N5O5/c1-16-18(5-4-8-22(16)34-28(39)21-13-26(31)36-37-29(21)40)19-6-3-7-20(27(19)32)23-10-9-17(30(35-23)41-2)14-33-24-11-12-42-15-25(24)38/h3-10,13,24-25,33,38H,11-12,14-15H2,1-2H3,(H,34,39)(H,37,40)/t24?,25-/m0/s1. The SMILES string of the molecule is COc1nc(-c2cccc(-c3cccc(NC(=O)c4cc(Cl)n[nH]c4=O)c3C)c2Cl)ccc1CNC1CCOC[C@@H]1O. The smallest absolute Gasteiger partial charge is 0.277 e. The van der Waals surface area contributed by atoms with Gasteiger partial charge in [0, 0.05) is 41.6 Å². The van der Waals surface area contributed by atoms with Gasteiger partial charge in [0.15, 0.2) is 0 Å². The Labute approximate surface area is 252 Å². The molecule has 12 heteroatoms. The highest BCUT2D eigenvalue weighted by atomic mass is 35.5. The van der Waals surface area contributed by atoms with Crippen LogP contribution in [0.25, 0.3) is 22.4 Å². The quantitative estimate of drug-likeness (QED) is 0.227. The molecule has 4 aromatic rings. The van der Waals surface area contributed by atoms with E-state index in [0.717, 1.165) is 28.7 Å². The second-order valence-electron chi connectivity index (χ2n) is 9.82. The van der Waals surface area contributed by atoms with Gasteiger partial charge in [-0.1, -0.05) is 59.6 Å². The summed E-state index contributed by atoms with van der Waals surface area (Å²) in [6.45, 7) is 3.25. The molecule has 0 bridgehead atoms. The zero-order valence-corrected chi connectivity index (χ0v) is 24.4. The number of ether oxygens (including phenoxy) is 2. The minimum Gasteiger partial charge on any atom is -0.481 e. The van der Waals surface area contributed by atoms with E-state index in [1.165, 1.54) is 6.07 Å². The summed E-state index contributed by atoms with van der Waals surface area (Å²) in [6, 6.07) is 16.0. The third-order valence-electron chi connectivity index (χ3n) is 7.18. The summed E-state index contributed by atoms with van der Waals surface area (Å²) in [5, 5.41) is 22.6. The molecule has 2 aromatic heterocycles. The van der Waals surface area contributed by atoms with E-state index in [2.05, 4.69) is 20.8 Å². The first-order valence-corrected chi connectivity index (χ1v) is 14.0. The van der Waals surface area contributed by atoms with Gasteiger partial charge in [0.05, 0.1) is 30.5 Å². The van der Waals surface area contributed by atoms with Gasteiger partial charge >= 0.3 is 0 Å². The number of methoxy groups -OCH3 is 1. The number of benzene rings is 2. The maximum absolute atomic E-state index is 12.8. The highest BCUT2D eigenvalue weighted by Gasteiger charge is 2.24. The van der Waals surface area contributed by atoms with Crippen molar-refractivity contribution in [3.05, 3.63) is 91.8 Å². The molecule has 5 rings (SSSR count). The lowest BCUT2D eigenvalue weighted by atomic mass is 9.96. The number of hydrogen-bond donors (Lipinski definition) is 4. The number of H-pyrrole nitrogens is 1. The van der Waals surface area contributed by atoms with E-state index < -0.39 is 17.6 Å². The summed E-state index contributed by atoms with van der Waals surface area (Å²) in [7, 11) is 1.56. The van der Waals surface area contributed by atoms with E-state index in [1.807, 2.05) is 43.3 Å². The Hall–Kier alpha value is -3.80. The number of anilines is 1. The zero-order chi connectivity index (χ0) is 29.8. The first-order valence-electron chi connectivity index (χ1n) is 13.3. The Bertz CT molecular complexity index is 1680. The molecule has 1 amide bonds. The van der Waals surface area contributed by atoms with Crippen LogP contribution in [0.5, 0.6) is 5.88 Å². The van der Waals surface area contributed by atoms with E-state index in [-0.39, 0.29) is 16.8 Å². The Balaban J connectivity index is 1.41. The summed E-state index contributed by atoms with van der Waals surface area (Å²) >= 11 is 12.8. The van der Waals surface area contributed by atoms with Gasteiger partial charge in [0.25, 0.3) is 11.5 Å². The molecule has 1 fully saturated rings. The van der Waals surface area contributed by atoms with Crippen molar-refractivity contribution in [3.63, 3.8) is 0 Å². The van der Waals surface area contributed by atoms with Gasteiger partial charge in [-0.15, -0.1) is 0 Å². The van der Waals surface area contributed by atoms with Crippen molar-refractivity contribution in [2.75, 3.05) is 25.6 Å². The molecule has 42 heavy (non-hydrogen) atoms. The molecule has 2 aromatic carbocycles. The van der Waals surface area contributed by atoms with Crippen LogP contribution in [-0.2, 0) is 11.3 Å². The fourth-order valence-corrected chi connectivity index (χ4v) is 5.35. The van der Waals surface area contributed by atoms with Crippen LogP contribution in [0.3, 0.4) is 0 Å². The van der Waals surface area contributed by atoms with E-state index >= 15 is 0 Å². The number of nitrogens with zero attached hydrogens (tertiary/aromatic N) is 2. The van der Waals surface area contributed by atoms with E-state index in [1.54, 1.807) is 19.2 Å². The molecular formula is C30H29Cl2N5O5. The fraction of sp³-hybridized carbons (Fsp3) is 0.267. The van der Waals surface area contributed by atoms with Crippen LogP contribution in [0.1, 0.15) is 27.9 Å². The molecule has 0 radical (unpaired) electrons. The van der Waals surface area contributed by atoms with Crippen molar-refractivity contribution in [2.24, 2.45) is 0 Å². The van der Waals surface area contributed by atoms with Crippen LogP contribution in [0.2, 0.25) is 10.2 Å². The number of aliphatic hydroxyl groups excluding tert-OH is 1. The summed E-state index contributed by atoms with van der Waals surface area (Å²) in [4.78, 5) is 29.7. The average molecular weight is 610 g/mol. The van der Waals surface area contributed by atoms with Gasteiger partial charge in [0.2, 0.25) is 5.88 Å². The van der Waals surface area contributed by atoms with Gasteiger partial charge in [-0.3, -0.25) is 9.59 Å². The lowest BCUT2D eigenvalue weighted by Gasteiger charge is -2.28. The third-order valence-corrected chi connectivity index (χ3v) is 7.78. The number of aliphatic hydroxyl groups is 1. The molecule has 1 aliphatic rings. The number of halogens is 2. The van der Waals surface area contributed by atoms with E-state index in [0.29, 0.717) is 47.6 Å². The Morgan fingerprint density at radius 2 is 1.90 bits per heavy atom. The molecule has 1 unspecified atom stereocenters. The first-order chi connectivity index (χ1) is 20.3. The number of hydrogen-bond acceptors (Lipinski definition) is 8. The highest BCUT2D eigenvalue weighted by Crippen LogP contribution is 2.39. The Kier molecular flexibility index (Phi) is 9.20. The molecule has 2 atom stereocenters. The van der Waals surface area contributed by atoms with Crippen molar-refractivity contribution in [1.82, 2.24) is 20.5 Å². The monoisotopic (exact) mass is 609 g/mol. The molecule has 218 valence electrons. The minimum atomic E-state index is -0.646. The molecule has 1 aliphatic heterocycles. The fourth-order valence-electron chi connectivity index (χ4n) is 4.87. The van der Waals surface area contributed by atoms with Crippen LogP contribution in [0.4, 0.5) is 5.69 Å². The summed E-state index contributed by atoms with van der Waals surface area (Å²) < 4.78 is 10.9. The number of aromatic amines is 1. The molecule has 1 saturated heterocycles. The van der Waals surface area contributed by atoms with Crippen molar-refractivity contribution in [2.45, 2.75) is 32.0 Å². The van der Waals surface area contributed by atoms with Gasteiger partial charge in [0.1, 0.15) is 10.7 Å². The summed E-state index contributed by atoms with van der Waals surface area (Å²) in [5.41, 5.74) is 4.19. The summed E-state index contributed by atoms with van der Waals surface area (Å²) in [6.07, 6.45) is 0.156. The number of aromatic nitrogens is 3.